The third kappa shape index (κ3) is 4.03. The van der Waals surface area contributed by atoms with Gasteiger partial charge < -0.3 is 4.74 Å². The lowest BCUT2D eigenvalue weighted by Crippen LogP contribution is -1.96. The summed E-state index contributed by atoms with van der Waals surface area (Å²) in [5, 5.41) is 0. The maximum Gasteiger partial charge on any atom is 0.223 e. The highest BCUT2D eigenvalue weighted by atomic mass is 79.9. The van der Waals surface area contributed by atoms with Crippen molar-refractivity contribution in [3.63, 3.8) is 0 Å². The molecule has 0 saturated heterocycles. The number of rotatable bonds is 5. The van der Waals surface area contributed by atoms with E-state index in [1.54, 1.807) is 6.07 Å². The average molecular weight is 321 g/mol. The van der Waals surface area contributed by atoms with Gasteiger partial charge >= 0.3 is 0 Å². The lowest BCUT2D eigenvalue weighted by Gasteiger charge is -2.07. The minimum Gasteiger partial charge on any atom is -0.439 e. The fraction of sp³-hybridized carbons (Fsp3) is 0.333. The van der Waals surface area contributed by atoms with E-state index in [0.717, 1.165) is 35.4 Å². The Bertz CT molecular complexity index is 540. The Labute approximate surface area is 122 Å². The van der Waals surface area contributed by atoms with E-state index in [2.05, 4.69) is 45.0 Å². The Morgan fingerprint density at radius 3 is 2.47 bits per heavy atom. The van der Waals surface area contributed by atoms with Gasteiger partial charge in [-0.15, -0.1) is 0 Å². The molecule has 1 heterocycles. The van der Waals surface area contributed by atoms with Gasteiger partial charge in [0.15, 0.2) is 0 Å². The first kappa shape index (κ1) is 14.0. The zero-order valence-electron chi connectivity index (χ0n) is 11.2. The highest BCUT2D eigenvalue weighted by molar-refractivity contribution is 9.10. The van der Waals surface area contributed by atoms with Crippen LogP contribution < -0.4 is 4.74 Å². The standard InChI is InChI=1S/C15H17BrN2O/c1-3-5-11-6-8-12(9-7-11)19-15-10-13(16)17-14(4-2)18-15/h6-10H,3-5H2,1-2H3. The van der Waals surface area contributed by atoms with E-state index >= 15 is 0 Å². The van der Waals surface area contributed by atoms with Gasteiger partial charge in [0, 0.05) is 12.5 Å². The molecule has 1 aromatic carbocycles. The number of nitrogens with zero attached hydrogens (tertiary/aromatic N) is 2. The molecular formula is C15H17BrN2O. The molecule has 0 bridgehead atoms. The summed E-state index contributed by atoms with van der Waals surface area (Å²) < 4.78 is 6.50. The summed E-state index contributed by atoms with van der Waals surface area (Å²) in [6.07, 6.45) is 3.03. The molecule has 0 aliphatic rings. The van der Waals surface area contributed by atoms with Crippen LogP contribution in [0.15, 0.2) is 34.9 Å². The summed E-state index contributed by atoms with van der Waals surface area (Å²) in [7, 11) is 0. The van der Waals surface area contributed by atoms with E-state index < -0.39 is 0 Å². The van der Waals surface area contributed by atoms with Crippen LogP contribution in [0, 0.1) is 0 Å². The van der Waals surface area contributed by atoms with Gasteiger partial charge in [-0.05, 0) is 40.0 Å². The molecule has 0 radical (unpaired) electrons. The van der Waals surface area contributed by atoms with Gasteiger partial charge in [-0.1, -0.05) is 32.4 Å². The largest absolute Gasteiger partial charge is 0.439 e. The number of aryl methyl sites for hydroxylation is 2. The Morgan fingerprint density at radius 2 is 1.84 bits per heavy atom. The van der Waals surface area contributed by atoms with Crippen LogP contribution in [0.4, 0.5) is 0 Å². The summed E-state index contributed by atoms with van der Waals surface area (Å²) in [5.41, 5.74) is 1.33. The van der Waals surface area contributed by atoms with Crippen LogP contribution in [0.25, 0.3) is 0 Å². The summed E-state index contributed by atoms with van der Waals surface area (Å²) in [5.74, 6) is 2.14. The maximum atomic E-state index is 5.75. The fourth-order valence-corrected chi connectivity index (χ4v) is 2.19. The van der Waals surface area contributed by atoms with Crippen molar-refractivity contribution in [2.24, 2.45) is 0 Å². The zero-order valence-corrected chi connectivity index (χ0v) is 12.8. The lowest BCUT2D eigenvalue weighted by molar-refractivity contribution is 0.458. The molecular weight excluding hydrogens is 304 g/mol. The molecule has 2 aromatic rings. The summed E-state index contributed by atoms with van der Waals surface area (Å²) in [6.45, 7) is 4.19. The van der Waals surface area contributed by atoms with Gasteiger partial charge in [0.25, 0.3) is 0 Å². The molecule has 1 aromatic heterocycles. The number of hydrogen-bond donors (Lipinski definition) is 0. The maximum absolute atomic E-state index is 5.75. The van der Waals surface area contributed by atoms with Crippen molar-refractivity contribution in [2.75, 3.05) is 0 Å². The van der Waals surface area contributed by atoms with Crippen LogP contribution in [-0.2, 0) is 12.8 Å². The van der Waals surface area contributed by atoms with Crippen molar-refractivity contribution in [1.29, 1.82) is 0 Å². The lowest BCUT2D eigenvalue weighted by atomic mass is 10.1. The molecule has 0 atom stereocenters. The molecule has 0 saturated carbocycles. The number of ether oxygens (including phenoxy) is 1. The second kappa shape index (κ2) is 6.66. The van der Waals surface area contributed by atoms with Gasteiger partial charge in [0.05, 0.1) is 0 Å². The average Bonchev–Trinajstić information content (AvgIpc) is 2.40. The molecule has 0 aliphatic carbocycles. The normalized spacial score (nSPS) is 10.5. The van der Waals surface area contributed by atoms with E-state index in [9.17, 15) is 0 Å². The minimum absolute atomic E-state index is 0.571. The molecule has 4 heteroatoms. The van der Waals surface area contributed by atoms with Crippen LogP contribution in [0.5, 0.6) is 11.6 Å². The third-order valence-corrected chi connectivity index (χ3v) is 3.12. The Hall–Kier alpha value is -1.42. The molecule has 0 unspecified atom stereocenters. The van der Waals surface area contributed by atoms with Crippen molar-refractivity contribution in [1.82, 2.24) is 9.97 Å². The minimum atomic E-state index is 0.571. The van der Waals surface area contributed by atoms with Gasteiger partial charge in [0.2, 0.25) is 5.88 Å². The topological polar surface area (TPSA) is 35.0 Å². The number of halogens is 1. The molecule has 0 amide bonds. The number of aromatic nitrogens is 2. The number of benzene rings is 1. The molecule has 100 valence electrons. The highest BCUT2D eigenvalue weighted by Crippen LogP contribution is 2.22. The van der Waals surface area contributed by atoms with E-state index in [-0.39, 0.29) is 0 Å². The SMILES string of the molecule is CCCc1ccc(Oc2cc(Br)nc(CC)n2)cc1. The van der Waals surface area contributed by atoms with E-state index in [0.29, 0.717) is 5.88 Å². The Kier molecular flexibility index (Phi) is 4.91. The fourth-order valence-electron chi connectivity index (χ4n) is 1.79. The molecule has 3 nitrogen and oxygen atoms in total. The van der Waals surface area contributed by atoms with E-state index in [1.165, 1.54) is 5.56 Å². The molecule has 0 aliphatic heterocycles. The monoisotopic (exact) mass is 320 g/mol. The molecule has 2 rings (SSSR count). The third-order valence-electron chi connectivity index (χ3n) is 2.72. The van der Waals surface area contributed by atoms with Gasteiger partial charge in [-0.3, -0.25) is 0 Å². The smallest absolute Gasteiger partial charge is 0.223 e. The molecule has 0 fully saturated rings. The second-order valence-corrected chi connectivity index (χ2v) is 5.11. The first-order chi connectivity index (χ1) is 9.21. The summed E-state index contributed by atoms with van der Waals surface area (Å²) in [4.78, 5) is 8.60. The first-order valence-electron chi connectivity index (χ1n) is 6.51. The van der Waals surface area contributed by atoms with Crippen molar-refractivity contribution in [3.8, 4) is 11.6 Å². The molecule has 0 spiro atoms. The summed E-state index contributed by atoms with van der Waals surface area (Å²) >= 11 is 3.37. The molecule has 0 N–H and O–H groups in total. The Morgan fingerprint density at radius 1 is 1.11 bits per heavy atom. The predicted molar refractivity (Wildman–Crippen MR) is 79.6 cm³/mol. The Balaban J connectivity index is 2.14. The van der Waals surface area contributed by atoms with Crippen molar-refractivity contribution in [2.45, 2.75) is 33.1 Å². The highest BCUT2D eigenvalue weighted by Gasteiger charge is 2.04. The first-order valence-corrected chi connectivity index (χ1v) is 7.30. The van der Waals surface area contributed by atoms with Crippen LogP contribution in [-0.4, -0.2) is 9.97 Å². The van der Waals surface area contributed by atoms with Gasteiger partial charge in [0.1, 0.15) is 16.2 Å². The van der Waals surface area contributed by atoms with Crippen LogP contribution in [0.3, 0.4) is 0 Å². The van der Waals surface area contributed by atoms with Crippen LogP contribution in [0.1, 0.15) is 31.7 Å². The van der Waals surface area contributed by atoms with Gasteiger partial charge in [-0.2, -0.15) is 4.98 Å². The van der Waals surface area contributed by atoms with E-state index in [4.69, 9.17) is 4.74 Å². The van der Waals surface area contributed by atoms with Crippen LogP contribution in [0.2, 0.25) is 0 Å². The zero-order chi connectivity index (χ0) is 13.7. The quantitative estimate of drug-likeness (QED) is 0.758. The van der Waals surface area contributed by atoms with Crippen molar-refractivity contribution in [3.05, 3.63) is 46.3 Å². The molecule has 19 heavy (non-hydrogen) atoms. The van der Waals surface area contributed by atoms with Gasteiger partial charge in [-0.25, -0.2) is 4.98 Å². The summed E-state index contributed by atoms with van der Waals surface area (Å²) in [6, 6.07) is 9.92. The predicted octanol–water partition coefficient (Wildman–Crippen LogP) is 4.55. The second-order valence-electron chi connectivity index (χ2n) is 4.29. The van der Waals surface area contributed by atoms with E-state index in [1.807, 2.05) is 19.1 Å². The van der Waals surface area contributed by atoms with Crippen molar-refractivity contribution < 1.29 is 4.74 Å². The van der Waals surface area contributed by atoms with Crippen LogP contribution >= 0.6 is 15.9 Å². The van der Waals surface area contributed by atoms with Crippen molar-refractivity contribution >= 4 is 15.9 Å². The number of hydrogen-bond acceptors (Lipinski definition) is 3.